The Morgan fingerprint density at radius 2 is 1.72 bits per heavy atom. The first-order chi connectivity index (χ1) is 8.31. The highest BCUT2D eigenvalue weighted by atomic mass is 19.1. The SMILES string of the molecule is CNC(CC(C)CC(C)(C)C)c1ccc(F)cc1. The van der Waals surface area contributed by atoms with Crippen molar-refractivity contribution in [3.63, 3.8) is 0 Å². The zero-order chi connectivity index (χ0) is 13.8. The van der Waals surface area contributed by atoms with Gasteiger partial charge in [0.25, 0.3) is 0 Å². The summed E-state index contributed by atoms with van der Waals surface area (Å²) in [6, 6.07) is 7.13. The maximum Gasteiger partial charge on any atom is 0.123 e. The Morgan fingerprint density at radius 1 is 1.17 bits per heavy atom. The zero-order valence-corrected chi connectivity index (χ0v) is 12.3. The molecule has 102 valence electrons. The molecule has 0 aliphatic carbocycles. The van der Waals surface area contributed by atoms with E-state index in [1.165, 1.54) is 24.1 Å². The van der Waals surface area contributed by atoms with Gasteiger partial charge >= 0.3 is 0 Å². The summed E-state index contributed by atoms with van der Waals surface area (Å²) in [6.07, 6.45) is 2.28. The summed E-state index contributed by atoms with van der Waals surface area (Å²) >= 11 is 0. The van der Waals surface area contributed by atoms with Crippen molar-refractivity contribution in [1.82, 2.24) is 5.32 Å². The Morgan fingerprint density at radius 3 is 2.17 bits per heavy atom. The minimum atomic E-state index is -0.170. The van der Waals surface area contributed by atoms with Crippen molar-refractivity contribution in [2.24, 2.45) is 11.3 Å². The number of halogens is 1. The second-order valence-electron chi connectivity index (χ2n) is 6.50. The molecule has 0 saturated heterocycles. The van der Waals surface area contributed by atoms with Crippen molar-refractivity contribution >= 4 is 0 Å². The highest BCUT2D eigenvalue weighted by molar-refractivity contribution is 5.19. The van der Waals surface area contributed by atoms with Crippen molar-refractivity contribution < 1.29 is 4.39 Å². The van der Waals surface area contributed by atoms with Crippen LogP contribution in [0.4, 0.5) is 4.39 Å². The first kappa shape index (κ1) is 15.2. The fraction of sp³-hybridized carbons (Fsp3) is 0.625. The third-order valence-corrected chi connectivity index (χ3v) is 3.22. The van der Waals surface area contributed by atoms with E-state index >= 15 is 0 Å². The minimum Gasteiger partial charge on any atom is -0.313 e. The van der Waals surface area contributed by atoms with E-state index in [1.807, 2.05) is 19.2 Å². The van der Waals surface area contributed by atoms with E-state index in [2.05, 4.69) is 33.0 Å². The predicted octanol–water partition coefficient (Wildman–Crippen LogP) is 4.55. The molecule has 1 N–H and O–H groups in total. The molecule has 0 heterocycles. The van der Waals surface area contributed by atoms with Crippen molar-refractivity contribution in [2.75, 3.05) is 7.05 Å². The highest BCUT2D eigenvalue weighted by Gasteiger charge is 2.19. The molecule has 2 unspecified atom stereocenters. The molecule has 0 saturated carbocycles. The van der Waals surface area contributed by atoms with Crippen LogP contribution in [0.25, 0.3) is 0 Å². The molecule has 0 spiro atoms. The first-order valence-corrected chi connectivity index (χ1v) is 6.74. The standard InChI is InChI=1S/C16H26FN/c1-12(11-16(2,3)4)10-15(18-5)13-6-8-14(17)9-7-13/h6-9,12,15,18H,10-11H2,1-5H3. The minimum absolute atomic E-state index is 0.170. The Bertz CT molecular complexity index is 350. The second kappa shape index (κ2) is 6.33. The summed E-state index contributed by atoms with van der Waals surface area (Å²) in [6.45, 7) is 9.11. The summed E-state index contributed by atoms with van der Waals surface area (Å²) < 4.78 is 12.9. The molecule has 1 nitrogen and oxygen atoms in total. The topological polar surface area (TPSA) is 12.0 Å². The molecule has 1 aromatic carbocycles. The third kappa shape index (κ3) is 5.18. The molecule has 2 heteroatoms. The molecule has 0 fully saturated rings. The van der Waals surface area contributed by atoms with Gasteiger partial charge in [0.1, 0.15) is 5.82 Å². The quantitative estimate of drug-likeness (QED) is 0.809. The molecular weight excluding hydrogens is 225 g/mol. The van der Waals surface area contributed by atoms with Gasteiger partial charge in [-0.25, -0.2) is 4.39 Å². The lowest BCUT2D eigenvalue weighted by atomic mass is 9.82. The maximum absolute atomic E-state index is 12.9. The Kier molecular flexibility index (Phi) is 5.33. The van der Waals surface area contributed by atoms with Gasteiger partial charge in [0.2, 0.25) is 0 Å². The summed E-state index contributed by atoms with van der Waals surface area (Å²) in [7, 11) is 1.97. The van der Waals surface area contributed by atoms with Crippen LogP contribution in [0.3, 0.4) is 0 Å². The number of nitrogens with one attached hydrogen (secondary N) is 1. The molecule has 1 aromatic rings. The Balaban J connectivity index is 2.64. The maximum atomic E-state index is 12.9. The van der Waals surface area contributed by atoms with Gasteiger partial charge in [0, 0.05) is 6.04 Å². The van der Waals surface area contributed by atoms with Crippen LogP contribution in [0.1, 0.15) is 52.1 Å². The van der Waals surface area contributed by atoms with Gasteiger partial charge in [-0.05, 0) is 48.9 Å². The second-order valence-corrected chi connectivity index (χ2v) is 6.50. The van der Waals surface area contributed by atoms with E-state index in [4.69, 9.17) is 0 Å². The van der Waals surface area contributed by atoms with Gasteiger partial charge in [-0.15, -0.1) is 0 Å². The van der Waals surface area contributed by atoms with E-state index in [0.717, 1.165) is 6.42 Å². The summed E-state index contributed by atoms with van der Waals surface area (Å²) in [5, 5.41) is 3.33. The van der Waals surface area contributed by atoms with Crippen molar-refractivity contribution in [3.05, 3.63) is 35.6 Å². The largest absolute Gasteiger partial charge is 0.313 e. The number of rotatable bonds is 5. The van der Waals surface area contributed by atoms with Crippen LogP contribution in [-0.4, -0.2) is 7.05 Å². The average molecular weight is 251 g/mol. The molecule has 2 atom stereocenters. The average Bonchev–Trinajstić information content (AvgIpc) is 2.25. The van der Waals surface area contributed by atoms with Gasteiger partial charge < -0.3 is 5.32 Å². The van der Waals surface area contributed by atoms with Crippen LogP contribution in [0.5, 0.6) is 0 Å². The fourth-order valence-corrected chi connectivity index (χ4v) is 2.65. The molecule has 0 aliphatic heterocycles. The summed E-state index contributed by atoms with van der Waals surface area (Å²) in [5.41, 5.74) is 1.53. The highest BCUT2D eigenvalue weighted by Crippen LogP contribution is 2.30. The zero-order valence-electron chi connectivity index (χ0n) is 12.3. The molecule has 0 bridgehead atoms. The van der Waals surface area contributed by atoms with E-state index < -0.39 is 0 Å². The van der Waals surface area contributed by atoms with Crippen LogP contribution in [0, 0.1) is 17.2 Å². The molecule has 0 aromatic heterocycles. The van der Waals surface area contributed by atoms with Crippen LogP contribution in [-0.2, 0) is 0 Å². The molecule has 0 amide bonds. The fourth-order valence-electron chi connectivity index (χ4n) is 2.65. The Labute approximate surface area is 111 Å². The lowest BCUT2D eigenvalue weighted by Gasteiger charge is -2.26. The van der Waals surface area contributed by atoms with Crippen molar-refractivity contribution in [3.8, 4) is 0 Å². The van der Waals surface area contributed by atoms with Crippen LogP contribution < -0.4 is 5.32 Å². The lowest BCUT2D eigenvalue weighted by Crippen LogP contribution is -2.21. The predicted molar refractivity (Wildman–Crippen MR) is 76.1 cm³/mol. The van der Waals surface area contributed by atoms with Crippen LogP contribution in [0.15, 0.2) is 24.3 Å². The first-order valence-electron chi connectivity index (χ1n) is 6.74. The normalized spacial score (nSPS) is 15.4. The van der Waals surface area contributed by atoms with Gasteiger partial charge in [-0.3, -0.25) is 0 Å². The van der Waals surface area contributed by atoms with E-state index in [-0.39, 0.29) is 5.82 Å². The van der Waals surface area contributed by atoms with Crippen molar-refractivity contribution in [1.29, 1.82) is 0 Å². The van der Waals surface area contributed by atoms with Crippen molar-refractivity contribution in [2.45, 2.75) is 46.6 Å². The summed E-state index contributed by atoms with van der Waals surface area (Å²) in [4.78, 5) is 0. The number of hydrogen-bond acceptors (Lipinski definition) is 1. The van der Waals surface area contributed by atoms with Gasteiger partial charge in [0.05, 0.1) is 0 Å². The van der Waals surface area contributed by atoms with E-state index in [1.54, 1.807) is 0 Å². The monoisotopic (exact) mass is 251 g/mol. The van der Waals surface area contributed by atoms with E-state index in [0.29, 0.717) is 17.4 Å². The lowest BCUT2D eigenvalue weighted by molar-refractivity contribution is 0.279. The van der Waals surface area contributed by atoms with Gasteiger partial charge in [0.15, 0.2) is 0 Å². The number of benzene rings is 1. The smallest absolute Gasteiger partial charge is 0.123 e. The summed E-state index contributed by atoms with van der Waals surface area (Å²) in [5.74, 6) is 0.476. The molecule has 0 aliphatic rings. The van der Waals surface area contributed by atoms with Gasteiger partial charge in [-0.1, -0.05) is 39.8 Å². The Hall–Kier alpha value is -0.890. The molecular formula is C16H26FN. The van der Waals surface area contributed by atoms with E-state index in [9.17, 15) is 4.39 Å². The van der Waals surface area contributed by atoms with Crippen LogP contribution in [0.2, 0.25) is 0 Å². The van der Waals surface area contributed by atoms with Crippen LogP contribution >= 0.6 is 0 Å². The third-order valence-electron chi connectivity index (χ3n) is 3.22. The molecule has 18 heavy (non-hydrogen) atoms. The molecule has 1 rings (SSSR count). The van der Waals surface area contributed by atoms with Gasteiger partial charge in [-0.2, -0.15) is 0 Å². The number of hydrogen-bond donors (Lipinski definition) is 1. The molecule has 0 radical (unpaired) electrons.